The molecule has 1 N–H and O–H groups in total. The number of ether oxygens (including phenoxy) is 3. The number of benzene rings is 3. The van der Waals surface area contributed by atoms with E-state index in [1.807, 2.05) is 0 Å². The lowest BCUT2D eigenvalue weighted by molar-refractivity contribution is -0.384. The van der Waals surface area contributed by atoms with Gasteiger partial charge in [0.25, 0.3) is 11.6 Å². The Hall–Kier alpha value is -5.89. The number of carbonyl (C=O) groups excluding carboxylic acids is 2. The second kappa shape index (κ2) is 12.8. The summed E-state index contributed by atoms with van der Waals surface area (Å²) in [5, 5.41) is 23.3. The van der Waals surface area contributed by atoms with Gasteiger partial charge in [-0.1, -0.05) is 12.1 Å². The number of esters is 1. The molecule has 0 atom stereocenters. The molecule has 3 aromatic carbocycles. The first kappa shape index (κ1) is 28.1. The highest BCUT2D eigenvalue weighted by molar-refractivity contribution is 5.97. The lowest BCUT2D eigenvalue weighted by Crippen LogP contribution is -2.20. The van der Waals surface area contributed by atoms with Gasteiger partial charge in [0, 0.05) is 29.3 Å². The van der Waals surface area contributed by atoms with Crippen molar-refractivity contribution < 1.29 is 33.1 Å². The molecule has 0 unspecified atom stereocenters. The Bertz CT molecular complexity index is 1630. The maximum atomic E-state index is 12.6. The zero-order valence-electron chi connectivity index (χ0n) is 22.0. The summed E-state index contributed by atoms with van der Waals surface area (Å²) in [6.45, 7) is -0.648. The summed E-state index contributed by atoms with van der Waals surface area (Å²) in [4.78, 5) is 35.0. The number of amides is 1. The van der Waals surface area contributed by atoms with E-state index in [-0.39, 0.29) is 17.1 Å². The van der Waals surface area contributed by atoms with Gasteiger partial charge in [-0.05, 0) is 65.7 Å². The van der Waals surface area contributed by atoms with E-state index in [1.165, 1.54) is 30.3 Å². The van der Waals surface area contributed by atoms with E-state index < -0.39 is 23.4 Å². The molecule has 0 spiro atoms. The Labute approximate surface area is 234 Å². The first-order valence-corrected chi connectivity index (χ1v) is 12.1. The smallest absolute Gasteiger partial charge is 0.331 e. The highest BCUT2D eigenvalue weighted by Gasteiger charge is 2.24. The average Bonchev–Trinajstić information content (AvgIpc) is 3.37. The van der Waals surface area contributed by atoms with Gasteiger partial charge in [-0.2, -0.15) is 5.26 Å². The largest absolute Gasteiger partial charge is 0.497 e. The SMILES string of the molecule is COc1ccc(-c2oc(NC(=O)COC(=O)/C=C/c3ccc([N+](=O)[O-])cc3)c(C#N)c2-c2ccc(OC)cc2)cc1. The first-order valence-electron chi connectivity index (χ1n) is 12.1. The third-order valence-electron chi connectivity index (χ3n) is 5.87. The highest BCUT2D eigenvalue weighted by atomic mass is 16.6. The van der Waals surface area contributed by atoms with Gasteiger partial charge in [0.05, 0.1) is 19.1 Å². The van der Waals surface area contributed by atoms with Crippen LogP contribution in [0.25, 0.3) is 28.5 Å². The predicted octanol–water partition coefficient (Wildman–Crippen LogP) is 5.61. The quantitative estimate of drug-likeness (QED) is 0.114. The number of hydrogen-bond donors (Lipinski definition) is 1. The molecule has 0 saturated carbocycles. The Kier molecular flexibility index (Phi) is 8.76. The first-order chi connectivity index (χ1) is 19.8. The summed E-state index contributed by atoms with van der Waals surface area (Å²) in [5.41, 5.74) is 2.28. The van der Waals surface area contributed by atoms with Crippen LogP contribution in [0.2, 0.25) is 0 Å². The molecule has 1 aromatic heterocycles. The third-order valence-corrected chi connectivity index (χ3v) is 5.87. The summed E-state index contributed by atoms with van der Waals surface area (Å²) in [6.07, 6.45) is 2.48. The van der Waals surface area contributed by atoms with Crippen LogP contribution in [0.5, 0.6) is 11.5 Å². The molecule has 1 amide bonds. The number of non-ortho nitro benzene ring substituents is 1. The summed E-state index contributed by atoms with van der Waals surface area (Å²) in [5.74, 6) is -0.0463. The van der Waals surface area contributed by atoms with E-state index in [0.29, 0.717) is 39.5 Å². The van der Waals surface area contributed by atoms with Crippen LogP contribution >= 0.6 is 0 Å². The Balaban J connectivity index is 1.53. The van der Waals surface area contributed by atoms with Crippen molar-refractivity contribution in [3.05, 3.63) is 100 Å². The van der Waals surface area contributed by atoms with Crippen molar-refractivity contribution in [3.63, 3.8) is 0 Å². The molecule has 11 nitrogen and oxygen atoms in total. The molecular weight excluding hydrogens is 530 g/mol. The number of methoxy groups -OCH3 is 2. The van der Waals surface area contributed by atoms with Crippen molar-refractivity contribution in [2.75, 3.05) is 26.1 Å². The van der Waals surface area contributed by atoms with Gasteiger partial charge in [-0.3, -0.25) is 20.2 Å². The Morgan fingerprint density at radius 1 is 0.951 bits per heavy atom. The summed E-state index contributed by atoms with van der Waals surface area (Å²) in [7, 11) is 3.09. The van der Waals surface area contributed by atoms with Crippen LogP contribution in [0, 0.1) is 21.4 Å². The normalized spacial score (nSPS) is 10.6. The van der Waals surface area contributed by atoms with Gasteiger partial charge in [0.2, 0.25) is 5.88 Å². The molecule has 206 valence electrons. The molecule has 41 heavy (non-hydrogen) atoms. The monoisotopic (exact) mass is 553 g/mol. The van der Waals surface area contributed by atoms with Crippen LogP contribution in [-0.2, 0) is 14.3 Å². The van der Waals surface area contributed by atoms with Crippen LogP contribution in [0.3, 0.4) is 0 Å². The summed E-state index contributed by atoms with van der Waals surface area (Å²) >= 11 is 0. The van der Waals surface area contributed by atoms with Gasteiger partial charge < -0.3 is 18.6 Å². The van der Waals surface area contributed by atoms with Crippen LogP contribution in [0.1, 0.15) is 11.1 Å². The second-order valence-corrected chi connectivity index (χ2v) is 8.42. The number of nitrogens with one attached hydrogen (secondary N) is 1. The molecule has 4 aromatic rings. The van der Waals surface area contributed by atoms with E-state index in [4.69, 9.17) is 18.6 Å². The van der Waals surface area contributed by atoms with Crippen LogP contribution in [-0.4, -0.2) is 37.6 Å². The standard InChI is InChI=1S/C30H23N3O8/c1-38-23-12-6-20(7-13-23)28-25(17-31)30(41-29(28)21-8-14-24(39-2)15-9-21)32-26(34)18-40-27(35)16-5-19-3-10-22(11-4-19)33(36)37/h3-16H,18H2,1-2H3,(H,32,34)/b16-5+. The van der Waals surface area contributed by atoms with Crippen LogP contribution < -0.4 is 14.8 Å². The molecule has 4 rings (SSSR count). The van der Waals surface area contributed by atoms with Crippen molar-refractivity contribution in [2.24, 2.45) is 0 Å². The molecular formula is C30H23N3O8. The maximum Gasteiger partial charge on any atom is 0.331 e. The molecule has 0 radical (unpaired) electrons. The van der Waals surface area contributed by atoms with Crippen molar-refractivity contribution in [2.45, 2.75) is 0 Å². The molecule has 1 heterocycles. The maximum absolute atomic E-state index is 12.6. The summed E-state index contributed by atoms with van der Waals surface area (Å²) in [6, 6.07) is 21.6. The molecule has 0 saturated heterocycles. The van der Waals surface area contributed by atoms with E-state index in [0.717, 1.165) is 6.08 Å². The molecule has 0 aliphatic heterocycles. The minimum Gasteiger partial charge on any atom is -0.497 e. The van der Waals surface area contributed by atoms with Gasteiger partial charge >= 0.3 is 5.97 Å². The molecule has 0 aliphatic rings. The van der Waals surface area contributed by atoms with Gasteiger partial charge in [0.15, 0.2) is 6.61 Å². The number of carbonyl (C=O) groups is 2. The fraction of sp³-hybridized carbons (Fsp3) is 0.100. The lowest BCUT2D eigenvalue weighted by atomic mass is 9.98. The third kappa shape index (κ3) is 6.76. The number of hydrogen-bond acceptors (Lipinski definition) is 9. The molecule has 0 fully saturated rings. The van der Waals surface area contributed by atoms with Crippen molar-refractivity contribution in [1.82, 2.24) is 0 Å². The van der Waals surface area contributed by atoms with Crippen molar-refractivity contribution in [3.8, 4) is 40.0 Å². The molecule has 0 bridgehead atoms. The number of nitro groups is 1. The number of nitro benzene ring substituents is 1. The van der Waals surface area contributed by atoms with E-state index >= 15 is 0 Å². The van der Waals surface area contributed by atoms with Gasteiger partial charge in [-0.25, -0.2) is 4.79 Å². The average molecular weight is 554 g/mol. The fourth-order valence-electron chi connectivity index (χ4n) is 3.82. The highest BCUT2D eigenvalue weighted by Crippen LogP contribution is 2.42. The van der Waals surface area contributed by atoms with Gasteiger partial charge in [-0.15, -0.1) is 0 Å². The van der Waals surface area contributed by atoms with E-state index in [9.17, 15) is 25.0 Å². The summed E-state index contributed by atoms with van der Waals surface area (Å²) < 4.78 is 21.4. The number of rotatable bonds is 10. The number of nitriles is 1. The fourth-order valence-corrected chi connectivity index (χ4v) is 3.82. The number of anilines is 1. The second-order valence-electron chi connectivity index (χ2n) is 8.42. The number of furan rings is 1. The molecule has 11 heteroatoms. The Morgan fingerprint density at radius 2 is 1.54 bits per heavy atom. The Morgan fingerprint density at radius 3 is 2.07 bits per heavy atom. The topological polar surface area (TPSA) is 154 Å². The minimum atomic E-state index is -0.809. The minimum absolute atomic E-state index is 0.0821. The van der Waals surface area contributed by atoms with Gasteiger partial charge in [0.1, 0.15) is 28.9 Å². The van der Waals surface area contributed by atoms with Crippen LogP contribution in [0.15, 0.2) is 83.3 Å². The zero-order valence-corrected chi connectivity index (χ0v) is 22.0. The van der Waals surface area contributed by atoms with Crippen molar-refractivity contribution in [1.29, 1.82) is 5.26 Å². The zero-order chi connectivity index (χ0) is 29.4. The van der Waals surface area contributed by atoms with Crippen LogP contribution in [0.4, 0.5) is 11.6 Å². The predicted molar refractivity (Wildman–Crippen MR) is 149 cm³/mol. The van der Waals surface area contributed by atoms with E-state index in [1.54, 1.807) is 62.8 Å². The van der Waals surface area contributed by atoms with E-state index in [2.05, 4.69) is 11.4 Å². The lowest BCUT2D eigenvalue weighted by Gasteiger charge is -2.06. The van der Waals surface area contributed by atoms with Crippen molar-refractivity contribution >= 4 is 29.5 Å². The molecule has 0 aliphatic carbocycles. The number of nitrogens with zero attached hydrogens (tertiary/aromatic N) is 2.